The lowest BCUT2D eigenvalue weighted by atomic mass is 10.1. The van der Waals surface area contributed by atoms with E-state index in [0.717, 1.165) is 12.8 Å². The van der Waals surface area contributed by atoms with Gasteiger partial charge in [0, 0.05) is 6.42 Å². The van der Waals surface area contributed by atoms with Crippen LogP contribution in [0, 0.1) is 0 Å². The molecule has 0 amide bonds. The molecular weight excluding hydrogens is 288 g/mol. The van der Waals surface area contributed by atoms with Gasteiger partial charge in [0.1, 0.15) is 0 Å². The summed E-state index contributed by atoms with van der Waals surface area (Å²) < 4.78 is 35.3. The van der Waals surface area contributed by atoms with Crippen molar-refractivity contribution in [2.45, 2.75) is 48.8 Å². The highest BCUT2D eigenvalue weighted by atomic mass is 35.7. The van der Waals surface area contributed by atoms with Crippen molar-refractivity contribution in [1.82, 2.24) is 0 Å². The lowest BCUT2D eigenvalue weighted by Gasteiger charge is -2.40. The van der Waals surface area contributed by atoms with Crippen LogP contribution in [0.2, 0.25) is 6.04 Å². The van der Waals surface area contributed by atoms with E-state index in [1.807, 2.05) is 0 Å². The fourth-order valence-corrected chi connectivity index (χ4v) is 6.43. The highest BCUT2D eigenvalue weighted by Gasteiger charge is 2.53. The SMILES string of the molecule is FC(F)(F)CCC1(Cl)CCCC[Si]1(Cl)Cl. The molecule has 0 spiro atoms. The average molecular weight is 300 g/mol. The molecule has 1 fully saturated rings. The molecule has 1 rings (SSSR count). The van der Waals surface area contributed by atoms with Gasteiger partial charge in [-0.05, 0) is 18.9 Å². The normalized spacial score (nSPS) is 31.6. The molecule has 0 aliphatic carbocycles. The maximum Gasteiger partial charge on any atom is 0.389 e. The quantitative estimate of drug-likeness (QED) is 0.384. The molecule has 0 N–H and O–H groups in total. The number of rotatable bonds is 2. The Morgan fingerprint density at radius 2 is 1.80 bits per heavy atom. The summed E-state index contributed by atoms with van der Waals surface area (Å²) >= 11 is 18.4. The fourth-order valence-electron chi connectivity index (χ4n) is 1.81. The molecule has 1 heterocycles. The van der Waals surface area contributed by atoms with Crippen LogP contribution in [-0.2, 0) is 0 Å². The second-order valence-corrected chi connectivity index (χ2v) is 12.4. The third kappa shape index (κ3) is 3.68. The molecule has 0 radical (unpaired) electrons. The molecule has 1 aliphatic rings. The zero-order chi connectivity index (χ0) is 11.7. The molecule has 0 saturated carbocycles. The Morgan fingerprint density at radius 1 is 1.20 bits per heavy atom. The van der Waals surface area contributed by atoms with Crippen LogP contribution in [0.1, 0.15) is 32.1 Å². The molecule has 7 heteroatoms. The number of hydrogen-bond acceptors (Lipinski definition) is 0. The molecule has 0 aromatic rings. The first-order valence-corrected chi connectivity index (χ1v) is 9.41. The summed E-state index contributed by atoms with van der Waals surface area (Å²) in [6.45, 7) is -2.73. The summed E-state index contributed by atoms with van der Waals surface area (Å²) in [6.07, 6.45) is -3.04. The van der Waals surface area contributed by atoms with Crippen molar-refractivity contribution in [2.24, 2.45) is 0 Å². The van der Waals surface area contributed by atoms with Crippen molar-refractivity contribution >= 4 is 40.5 Å². The Labute approximate surface area is 102 Å². The fraction of sp³-hybridized carbons (Fsp3) is 1.00. The van der Waals surface area contributed by atoms with Gasteiger partial charge in [-0.25, -0.2) is 0 Å². The third-order valence-electron chi connectivity index (χ3n) is 2.77. The Kier molecular flexibility index (Phi) is 4.30. The van der Waals surface area contributed by atoms with Gasteiger partial charge < -0.3 is 0 Å². The van der Waals surface area contributed by atoms with Crippen LogP contribution in [0.25, 0.3) is 0 Å². The van der Waals surface area contributed by atoms with Crippen LogP contribution in [-0.4, -0.2) is 17.4 Å². The predicted molar refractivity (Wildman–Crippen MR) is 60.0 cm³/mol. The second kappa shape index (κ2) is 4.63. The smallest absolute Gasteiger partial charge is 0.171 e. The van der Waals surface area contributed by atoms with E-state index in [0.29, 0.717) is 12.5 Å². The van der Waals surface area contributed by atoms with Crippen molar-refractivity contribution in [3.05, 3.63) is 0 Å². The van der Waals surface area contributed by atoms with Crippen LogP contribution >= 0.6 is 33.8 Å². The minimum Gasteiger partial charge on any atom is -0.171 e. The molecule has 1 aliphatic heterocycles. The topological polar surface area (TPSA) is 0 Å². The summed E-state index contributed by atoms with van der Waals surface area (Å²) in [5, 5.41) is 0. The maximum absolute atomic E-state index is 12.1. The van der Waals surface area contributed by atoms with Crippen LogP contribution in [0.15, 0.2) is 0 Å². The first-order valence-electron chi connectivity index (χ1n) is 4.80. The van der Waals surface area contributed by atoms with Crippen LogP contribution in [0.4, 0.5) is 13.2 Å². The molecule has 1 atom stereocenters. The van der Waals surface area contributed by atoms with Crippen LogP contribution in [0.3, 0.4) is 0 Å². The van der Waals surface area contributed by atoms with Gasteiger partial charge in [0.05, 0.1) is 4.50 Å². The van der Waals surface area contributed by atoms with Crippen molar-refractivity contribution in [3.8, 4) is 0 Å². The Bertz CT molecular complexity index is 232. The van der Waals surface area contributed by atoms with Crippen LogP contribution in [0.5, 0.6) is 0 Å². The van der Waals surface area contributed by atoms with E-state index in [1.54, 1.807) is 0 Å². The van der Waals surface area contributed by atoms with E-state index in [9.17, 15) is 13.2 Å². The molecule has 1 unspecified atom stereocenters. The van der Waals surface area contributed by atoms with E-state index in [2.05, 4.69) is 0 Å². The number of alkyl halides is 4. The lowest BCUT2D eigenvalue weighted by molar-refractivity contribution is -0.136. The van der Waals surface area contributed by atoms with Crippen molar-refractivity contribution < 1.29 is 13.2 Å². The van der Waals surface area contributed by atoms with Gasteiger partial charge in [0.25, 0.3) is 6.69 Å². The monoisotopic (exact) mass is 298 g/mol. The first-order chi connectivity index (χ1) is 6.66. The Balaban J connectivity index is 2.63. The van der Waals surface area contributed by atoms with Gasteiger partial charge in [-0.3, -0.25) is 0 Å². The maximum atomic E-state index is 12.1. The Morgan fingerprint density at radius 3 is 2.27 bits per heavy atom. The minimum absolute atomic E-state index is 0.155. The third-order valence-corrected chi connectivity index (χ3v) is 10.8. The highest BCUT2D eigenvalue weighted by Crippen LogP contribution is 2.49. The predicted octanol–water partition coefficient (Wildman–Crippen LogP) is 4.95. The zero-order valence-corrected chi connectivity index (χ0v) is 11.3. The summed E-state index contributed by atoms with van der Waals surface area (Å²) in [6, 6.07) is 0.595. The van der Waals surface area contributed by atoms with E-state index < -0.39 is 23.8 Å². The molecule has 0 aromatic heterocycles. The number of hydrogen-bond donors (Lipinski definition) is 0. The largest absolute Gasteiger partial charge is 0.389 e. The molecule has 0 nitrogen and oxygen atoms in total. The van der Waals surface area contributed by atoms with Gasteiger partial charge in [-0.15, -0.1) is 33.8 Å². The van der Waals surface area contributed by atoms with E-state index in [1.165, 1.54) is 0 Å². The highest BCUT2D eigenvalue weighted by molar-refractivity contribution is 7.48. The van der Waals surface area contributed by atoms with Gasteiger partial charge in [0.15, 0.2) is 0 Å². The number of halogens is 6. The molecule has 15 heavy (non-hydrogen) atoms. The van der Waals surface area contributed by atoms with E-state index in [4.69, 9.17) is 33.8 Å². The van der Waals surface area contributed by atoms with E-state index in [-0.39, 0.29) is 6.42 Å². The average Bonchev–Trinajstić information content (AvgIpc) is 2.06. The zero-order valence-electron chi connectivity index (χ0n) is 8.01. The van der Waals surface area contributed by atoms with Crippen molar-refractivity contribution in [2.75, 3.05) is 0 Å². The van der Waals surface area contributed by atoms with Crippen molar-refractivity contribution in [1.29, 1.82) is 0 Å². The molecule has 0 aromatic carbocycles. The second-order valence-electron chi connectivity index (χ2n) is 3.99. The summed E-state index contributed by atoms with van der Waals surface area (Å²) in [7, 11) is 0. The van der Waals surface area contributed by atoms with E-state index >= 15 is 0 Å². The summed E-state index contributed by atoms with van der Waals surface area (Å²) in [5.74, 6) is 0. The molecule has 0 bridgehead atoms. The van der Waals surface area contributed by atoms with Gasteiger partial charge >= 0.3 is 6.18 Å². The molecular formula is C8H12Cl3F3Si. The minimum atomic E-state index is -4.18. The van der Waals surface area contributed by atoms with Crippen LogP contribution < -0.4 is 0 Å². The first kappa shape index (κ1) is 13.9. The van der Waals surface area contributed by atoms with Gasteiger partial charge in [0.2, 0.25) is 0 Å². The van der Waals surface area contributed by atoms with Crippen molar-refractivity contribution in [3.63, 3.8) is 0 Å². The summed E-state index contributed by atoms with van der Waals surface area (Å²) in [4.78, 5) is 0. The standard InChI is InChI=1S/C8H12Cl3F3Si/c9-7(4-5-8(12,13)14)3-1-2-6-15(7,10)11/h1-6H2. The molecule has 1 saturated heterocycles. The van der Waals surface area contributed by atoms with Gasteiger partial charge in [-0.2, -0.15) is 13.2 Å². The van der Waals surface area contributed by atoms with Gasteiger partial charge in [-0.1, -0.05) is 12.8 Å². The lowest BCUT2D eigenvalue weighted by Crippen LogP contribution is -2.49. The Hall–Kier alpha value is 0.877. The summed E-state index contributed by atoms with van der Waals surface area (Å²) in [5.41, 5.74) is 0. The molecule has 90 valence electrons.